The van der Waals surface area contributed by atoms with E-state index in [0.29, 0.717) is 18.0 Å². The van der Waals surface area contributed by atoms with E-state index in [-0.39, 0.29) is 11.7 Å². The first-order valence-corrected chi connectivity index (χ1v) is 5.96. The highest BCUT2D eigenvalue weighted by Crippen LogP contribution is 2.17. The zero-order valence-electron chi connectivity index (χ0n) is 8.96. The Kier molecular flexibility index (Phi) is 3.66. The summed E-state index contributed by atoms with van der Waals surface area (Å²) in [6.45, 7) is 0. The number of para-hydroxylation sites is 1. The van der Waals surface area contributed by atoms with Crippen molar-refractivity contribution in [2.75, 3.05) is 5.32 Å². The van der Waals surface area contributed by atoms with Gasteiger partial charge in [0.1, 0.15) is 11.3 Å². The van der Waals surface area contributed by atoms with Crippen molar-refractivity contribution in [1.82, 2.24) is 10.2 Å². The first kappa shape index (κ1) is 11.5. The fraction of sp³-hybridized carbons (Fsp3) is 0.182. The number of aromatic nitrogens is 2. The van der Waals surface area contributed by atoms with Crippen molar-refractivity contribution in [3.8, 4) is 5.75 Å². The van der Waals surface area contributed by atoms with E-state index in [0.717, 1.165) is 5.56 Å². The predicted molar refractivity (Wildman–Crippen MR) is 65.0 cm³/mol. The van der Waals surface area contributed by atoms with Crippen LogP contribution in [0.3, 0.4) is 0 Å². The van der Waals surface area contributed by atoms with Crippen molar-refractivity contribution < 1.29 is 9.90 Å². The van der Waals surface area contributed by atoms with Gasteiger partial charge in [-0.1, -0.05) is 29.5 Å². The Morgan fingerprint density at radius 3 is 2.94 bits per heavy atom. The van der Waals surface area contributed by atoms with Crippen LogP contribution in [0.2, 0.25) is 0 Å². The smallest absolute Gasteiger partial charge is 0.226 e. The molecule has 0 aliphatic heterocycles. The summed E-state index contributed by atoms with van der Waals surface area (Å²) in [7, 11) is 0. The highest BCUT2D eigenvalue weighted by Gasteiger charge is 2.06. The third-order valence-corrected chi connectivity index (χ3v) is 2.83. The summed E-state index contributed by atoms with van der Waals surface area (Å²) in [4.78, 5) is 11.5. The number of phenolic OH excluding ortho intramolecular Hbond substituents is 1. The van der Waals surface area contributed by atoms with Gasteiger partial charge >= 0.3 is 0 Å². The summed E-state index contributed by atoms with van der Waals surface area (Å²) in [5.74, 6) is 0.0845. The summed E-state index contributed by atoms with van der Waals surface area (Å²) < 4.78 is 0. The molecular formula is C11H11N3O2S. The van der Waals surface area contributed by atoms with Crippen molar-refractivity contribution in [2.24, 2.45) is 0 Å². The highest BCUT2D eigenvalue weighted by molar-refractivity contribution is 7.13. The molecule has 17 heavy (non-hydrogen) atoms. The second-order valence-corrected chi connectivity index (χ2v) is 4.25. The van der Waals surface area contributed by atoms with E-state index in [4.69, 9.17) is 0 Å². The maximum atomic E-state index is 11.5. The van der Waals surface area contributed by atoms with Gasteiger partial charge in [-0.2, -0.15) is 0 Å². The van der Waals surface area contributed by atoms with Gasteiger partial charge in [-0.25, -0.2) is 0 Å². The third-order valence-electron chi connectivity index (χ3n) is 2.22. The Hall–Kier alpha value is -1.95. The van der Waals surface area contributed by atoms with Gasteiger partial charge in [0.2, 0.25) is 11.0 Å². The predicted octanol–water partition coefficient (Wildman–Crippen LogP) is 1.81. The molecule has 0 fully saturated rings. The molecule has 0 aliphatic rings. The minimum Gasteiger partial charge on any atom is -0.508 e. The Balaban J connectivity index is 1.86. The molecule has 5 nitrogen and oxygen atoms in total. The molecule has 0 aliphatic carbocycles. The van der Waals surface area contributed by atoms with Crippen LogP contribution in [0.5, 0.6) is 5.75 Å². The van der Waals surface area contributed by atoms with Crippen LogP contribution in [0.4, 0.5) is 5.13 Å². The molecule has 0 radical (unpaired) electrons. The summed E-state index contributed by atoms with van der Waals surface area (Å²) in [5.41, 5.74) is 2.32. The van der Waals surface area contributed by atoms with Crippen LogP contribution < -0.4 is 5.32 Å². The third kappa shape index (κ3) is 3.25. The number of amides is 1. The average Bonchev–Trinajstić information content (AvgIpc) is 2.81. The molecule has 6 heteroatoms. The second-order valence-electron chi connectivity index (χ2n) is 3.42. The molecule has 88 valence electrons. The van der Waals surface area contributed by atoms with Crippen LogP contribution in [0, 0.1) is 0 Å². The van der Waals surface area contributed by atoms with E-state index >= 15 is 0 Å². The van der Waals surface area contributed by atoms with Crippen molar-refractivity contribution in [3.63, 3.8) is 0 Å². The molecule has 2 N–H and O–H groups in total. The second kappa shape index (κ2) is 5.40. The lowest BCUT2D eigenvalue weighted by Gasteiger charge is -2.03. The number of carbonyl (C=O) groups is 1. The number of aromatic hydroxyl groups is 1. The molecule has 1 amide bonds. The fourth-order valence-electron chi connectivity index (χ4n) is 1.38. The van der Waals surface area contributed by atoms with Crippen LogP contribution in [0.25, 0.3) is 0 Å². The number of nitrogens with zero attached hydrogens (tertiary/aromatic N) is 2. The maximum Gasteiger partial charge on any atom is 0.226 e. The Morgan fingerprint density at radius 2 is 2.24 bits per heavy atom. The normalized spacial score (nSPS) is 10.1. The highest BCUT2D eigenvalue weighted by atomic mass is 32.1. The molecule has 0 saturated carbocycles. The SMILES string of the molecule is O=C(CCc1ccccc1O)Nc1nncs1. The number of rotatable bonds is 4. The number of carbonyl (C=O) groups excluding carboxylic acids is 1. The molecule has 2 rings (SSSR count). The van der Waals surface area contributed by atoms with E-state index in [1.807, 2.05) is 6.07 Å². The van der Waals surface area contributed by atoms with Crippen molar-refractivity contribution >= 4 is 22.4 Å². The number of benzene rings is 1. The molecule has 1 aromatic carbocycles. The van der Waals surface area contributed by atoms with Gasteiger partial charge in [-0.15, -0.1) is 10.2 Å². The molecule has 0 atom stereocenters. The van der Waals surface area contributed by atoms with E-state index in [1.54, 1.807) is 23.7 Å². The van der Waals surface area contributed by atoms with Crippen LogP contribution >= 0.6 is 11.3 Å². The van der Waals surface area contributed by atoms with Gasteiger partial charge in [-0.05, 0) is 18.1 Å². The molecule has 2 aromatic rings. The van der Waals surface area contributed by atoms with Crippen LogP contribution in [-0.2, 0) is 11.2 Å². The van der Waals surface area contributed by atoms with Crippen molar-refractivity contribution in [2.45, 2.75) is 12.8 Å². The molecular weight excluding hydrogens is 238 g/mol. The summed E-state index contributed by atoms with van der Waals surface area (Å²) in [6, 6.07) is 6.99. The molecule has 0 spiro atoms. The van der Waals surface area contributed by atoms with Crippen LogP contribution in [0.1, 0.15) is 12.0 Å². The van der Waals surface area contributed by atoms with Crippen LogP contribution in [-0.4, -0.2) is 21.2 Å². The van der Waals surface area contributed by atoms with Gasteiger partial charge in [-0.3, -0.25) is 4.79 Å². The summed E-state index contributed by atoms with van der Waals surface area (Å²) in [6.07, 6.45) is 0.800. The lowest BCUT2D eigenvalue weighted by Crippen LogP contribution is -2.12. The van der Waals surface area contributed by atoms with Crippen LogP contribution in [0.15, 0.2) is 29.8 Å². The summed E-state index contributed by atoms with van der Waals surface area (Å²) in [5, 5.41) is 20.0. The number of anilines is 1. The van der Waals surface area contributed by atoms with Gasteiger partial charge in [0.05, 0.1) is 0 Å². The lowest BCUT2D eigenvalue weighted by molar-refractivity contribution is -0.116. The number of phenols is 1. The van der Waals surface area contributed by atoms with Gasteiger partial charge in [0.15, 0.2) is 0 Å². The van der Waals surface area contributed by atoms with E-state index in [9.17, 15) is 9.90 Å². The van der Waals surface area contributed by atoms with Crippen molar-refractivity contribution in [3.05, 3.63) is 35.3 Å². The number of aryl methyl sites for hydroxylation is 1. The zero-order valence-corrected chi connectivity index (χ0v) is 9.78. The Labute approximate surface area is 102 Å². The number of hydrogen-bond acceptors (Lipinski definition) is 5. The van der Waals surface area contributed by atoms with E-state index < -0.39 is 0 Å². The fourth-order valence-corrected chi connectivity index (χ4v) is 1.84. The minimum absolute atomic E-state index is 0.134. The zero-order chi connectivity index (χ0) is 12.1. The molecule has 0 bridgehead atoms. The number of hydrogen-bond donors (Lipinski definition) is 2. The Morgan fingerprint density at radius 1 is 1.41 bits per heavy atom. The summed E-state index contributed by atoms with van der Waals surface area (Å²) >= 11 is 1.27. The molecule has 0 saturated heterocycles. The lowest BCUT2D eigenvalue weighted by atomic mass is 10.1. The molecule has 0 unspecified atom stereocenters. The monoisotopic (exact) mass is 249 g/mol. The topological polar surface area (TPSA) is 75.1 Å². The molecule has 1 heterocycles. The Bertz CT molecular complexity index is 499. The minimum atomic E-state index is -0.134. The average molecular weight is 249 g/mol. The number of nitrogens with one attached hydrogen (secondary N) is 1. The first-order chi connectivity index (χ1) is 8.25. The van der Waals surface area contributed by atoms with Crippen molar-refractivity contribution in [1.29, 1.82) is 0 Å². The van der Waals surface area contributed by atoms with E-state index in [1.165, 1.54) is 11.3 Å². The largest absolute Gasteiger partial charge is 0.508 e. The van der Waals surface area contributed by atoms with Gasteiger partial charge < -0.3 is 10.4 Å². The van der Waals surface area contributed by atoms with E-state index in [2.05, 4.69) is 15.5 Å². The van der Waals surface area contributed by atoms with Gasteiger partial charge in [0.25, 0.3) is 0 Å². The van der Waals surface area contributed by atoms with Gasteiger partial charge in [0, 0.05) is 6.42 Å². The quantitative estimate of drug-likeness (QED) is 0.866. The molecule has 1 aromatic heterocycles. The maximum absolute atomic E-state index is 11.5. The first-order valence-electron chi connectivity index (χ1n) is 5.08. The standard InChI is InChI=1S/C11H11N3O2S/c15-9-4-2-1-3-8(9)5-6-10(16)13-11-14-12-7-17-11/h1-4,7,15H,5-6H2,(H,13,14,16).